The SMILES string of the molecule is CC(C)(C)OC(=O)N1C[C@H](c2ccco2)[C@@H](O)C1. The van der Waals surface area contributed by atoms with Crippen LogP contribution in [0.4, 0.5) is 4.79 Å². The molecule has 1 aliphatic heterocycles. The molecule has 2 atom stereocenters. The third-order valence-corrected chi connectivity index (χ3v) is 2.85. The highest BCUT2D eigenvalue weighted by Crippen LogP contribution is 2.28. The van der Waals surface area contributed by atoms with Crippen LogP contribution >= 0.6 is 0 Å². The number of β-amino-alcohol motifs (C(OH)–C–C–N with tert-alkyl or cyclic N) is 1. The maximum absolute atomic E-state index is 11.9. The van der Waals surface area contributed by atoms with Crippen LogP contribution in [-0.2, 0) is 4.74 Å². The van der Waals surface area contributed by atoms with E-state index in [-0.39, 0.29) is 12.5 Å². The predicted octanol–water partition coefficient (Wildman–Crippen LogP) is 1.97. The number of hydrogen-bond acceptors (Lipinski definition) is 4. The second kappa shape index (κ2) is 4.65. The van der Waals surface area contributed by atoms with E-state index in [1.165, 1.54) is 4.90 Å². The molecule has 1 N–H and O–H groups in total. The van der Waals surface area contributed by atoms with Crippen LogP contribution in [-0.4, -0.2) is 40.9 Å². The molecule has 1 fully saturated rings. The fourth-order valence-electron chi connectivity index (χ4n) is 2.04. The van der Waals surface area contributed by atoms with Gasteiger partial charge in [-0.2, -0.15) is 0 Å². The van der Waals surface area contributed by atoms with Gasteiger partial charge in [0.2, 0.25) is 0 Å². The van der Waals surface area contributed by atoms with Crippen molar-refractivity contribution in [2.75, 3.05) is 13.1 Å². The molecule has 1 aromatic rings. The summed E-state index contributed by atoms with van der Waals surface area (Å²) in [7, 11) is 0. The van der Waals surface area contributed by atoms with E-state index < -0.39 is 17.8 Å². The van der Waals surface area contributed by atoms with Crippen molar-refractivity contribution in [3.8, 4) is 0 Å². The minimum Gasteiger partial charge on any atom is -0.469 e. The number of aliphatic hydroxyl groups is 1. The lowest BCUT2D eigenvalue weighted by Gasteiger charge is -2.24. The second-order valence-corrected chi connectivity index (χ2v) is 5.57. The van der Waals surface area contributed by atoms with E-state index in [0.29, 0.717) is 12.3 Å². The van der Waals surface area contributed by atoms with Crippen LogP contribution in [0.3, 0.4) is 0 Å². The van der Waals surface area contributed by atoms with Crippen molar-refractivity contribution < 1.29 is 19.1 Å². The Bertz CT molecular complexity index is 407. The van der Waals surface area contributed by atoms with Gasteiger partial charge in [-0.1, -0.05) is 0 Å². The Morgan fingerprint density at radius 2 is 2.22 bits per heavy atom. The zero-order valence-electron chi connectivity index (χ0n) is 10.9. The average Bonchev–Trinajstić information content (AvgIpc) is 2.82. The molecule has 0 spiro atoms. The minimum absolute atomic E-state index is 0.174. The quantitative estimate of drug-likeness (QED) is 0.831. The van der Waals surface area contributed by atoms with Gasteiger partial charge in [-0.15, -0.1) is 0 Å². The maximum Gasteiger partial charge on any atom is 0.410 e. The molecule has 1 aliphatic rings. The van der Waals surface area contributed by atoms with Crippen LogP contribution < -0.4 is 0 Å². The fourth-order valence-corrected chi connectivity index (χ4v) is 2.04. The van der Waals surface area contributed by atoms with Gasteiger partial charge in [0.1, 0.15) is 11.4 Å². The van der Waals surface area contributed by atoms with E-state index in [2.05, 4.69) is 0 Å². The summed E-state index contributed by atoms with van der Waals surface area (Å²) in [4.78, 5) is 13.4. The number of rotatable bonds is 1. The predicted molar refractivity (Wildman–Crippen MR) is 65.3 cm³/mol. The normalized spacial score (nSPS) is 24.3. The first-order valence-electron chi connectivity index (χ1n) is 6.06. The molecule has 18 heavy (non-hydrogen) atoms. The summed E-state index contributed by atoms with van der Waals surface area (Å²) in [6.45, 7) is 6.16. The lowest BCUT2D eigenvalue weighted by atomic mass is 10.0. The van der Waals surface area contributed by atoms with Crippen molar-refractivity contribution in [1.29, 1.82) is 0 Å². The standard InChI is InChI=1S/C13H19NO4/c1-13(2,3)18-12(16)14-7-9(10(15)8-14)11-5-4-6-17-11/h4-6,9-10,15H,7-8H2,1-3H3/t9-,10-/m0/s1. The van der Waals surface area contributed by atoms with Crippen molar-refractivity contribution >= 4 is 6.09 Å². The van der Waals surface area contributed by atoms with Gasteiger partial charge in [-0.25, -0.2) is 4.79 Å². The molecule has 5 heteroatoms. The number of likely N-dealkylation sites (tertiary alicyclic amines) is 1. The first-order valence-corrected chi connectivity index (χ1v) is 6.06. The highest BCUT2D eigenvalue weighted by atomic mass is 16.6. The number of aliphatic hydroxyl groups excluding tert-OH is 1. The van der Waals surface area contributed by atoms with Crippen molar-refractivity contribution in [2.45, 2.75) is 38.4 Å². The molecule has 2 heterocycles. The first kappa shape index (κ1) is 13.0. The lowest BCUT2D eigenvalue weighted by molar-refractivity contribution is 0.0270. The van der Waals surface area contributed by atoms with E-state index in [9.17, 15) is 9.90 Å². The number of amides is 1. The number of carbonyl (C=O) groups is 1. The molecule has 0 radical (unpaired) electrons. The Balaban J connectivity index is 2.00. The molecular weight excluding hydrogens is 234 g/mol. The van der Waals surface area contributed by atoms with Crippen LogP contribution in [0.1, 0.15) is 32.4 Å². The van der Waals surface area contributed by atoms with Crippen molar-refractivity contribution in [2.24, 2.45) is 0 Å². The summed E-state index contributed by atoms with van der Waals surface area (Å²) >= 11 is 0. The van der Waals surface area contributed by atoms with Crippen LogP contribution in [0.15, 0.2) is 22.8 Å². The third-order valence-electron chi connectivity index (χ3n) is 2.85. The average molecular weight is 253 g/mol. The van der Waals surface area contributed by atoms with Gasteiger partial charge in [0, 0.05) is 6.54 Å². The molecule has 0 bridgehead atoms. The number of furan rings is 1. The molecule has 0 saturated carbocycles. The van der Waals surface area contributed by atoms with Crippen LogP contribution in [0.25, 0.3) is 0 Å². The molecule has 0 aliphatic carbocycles. The summed E-state index contributed by atoms with van der Waals surface area (Å²) in [6.07, 6.45) is 0.567. The molecular formula is C13H19NO4. The molecule has 1 saturated heterocycles. The van der Waals surface area contributed by atoms with Gasteiger partial charge in [-0.3, -0.25) is 0 Å². The number of ether oxygens (including phenoxy) is 1. The lowest BCUT2D eigenvalue weighted by Crippen LogP contribution is -2.35. The van der Waals surface area contributed by atoms with Gasteiger partial charge >= 0.3 is 6.09 Å². The smallest absolute Gasteiger partial charge is 0.410 e. The van der Waals surface area contributed by atoms with Crippen molar-refractivity contribution in [3.63, 3.8) is 0 Å². The molecule has 2 rings (SSSR count). The van der Waals surface area contributed by atoms with Gasteiger partial charge in [0.25, 0.3) is 0 Å². The molecule has 0 unspecified atom stereocenters. The molecule has 0 aromatic carbocycles. The van der Waals surface area contributed by atoms with E-state index in [4.69, 9.17) is 9.15 Å². The van der Waals surface area contributed by atoms with E-state index >= 15 is 0 Å². The van der Waals surface area contributed by atoms with E-state index in [0.717, 1.165) is 0 Å². The zero-order valence-corrected chi connectivity index (χ0v) is 10.9. The van der Waals surface area contributed by atoms with Crippen molar-refractivity contribution in [1.82, 2.24) is 4.90 Å². The Labute approximate surface area is 106 Å². The summed E-state index contributed by atoms with van der Waals surface area (Å²) in [5.74, 6) is 0.529. The minimum atomic E-state index is -0.608. The zero-order chi connectivity index (χ0) is 13.3. The van der Waals surface area contributed by atoms with Crippen molar-refractivity contribution in [3.05, 3.63) is 24.2 Å². The molecule has 5 nitrogen and oxygen atoms in total. The first-order chi connectivity index (χ1) is 8.37. The summed E-state index contributed by atoms with van der Waals surface area (Å²) in [5.41, 5.74) is -0.523. The van der Waals surface area contributed by atoms with Gasteiger partial charge in [0.05, 0.1) is 24.8 Å². The third kappa shape index (κ3) is 2.85. The summed E-state index contributed by atoms with van der Waals surface area (Å²) in [5, 5.41) is 9.97. The monoisotopic (exact) mass is 253 g/mol. The second-order valence-electron chi connectivity index (χ2n) is 5.57. The van der Waals surface area contributed by atoms with Gasteiger partial charge in [0.15, 0.2) is 0 Å². The van der Waals surface area contributed by atoms with Crippen LogP contribution in [0, 0.1) is 0 Å². The summed E-state index contributed by atoms with van der Waals surface area (Å²) in [6, 6.07) is 3.59. The fraction of sp³-hybridized carbons (Fsp3) is 0.615. The van der Waals surface area contributed by atoms with E-state index in [1.54, 1.807) is 12.3 Å². The van der Waals surface area contributed by atoms with Gasteiger partial charge in [-0.05, 0) is 32.9 Å². The Hall–Kier alpha value is -1.49. The highest BCUT2D eigenvalue weighted by Gasteiger charge is 2.38. The largest absolute Gasteiger partial charge is 0.469 e. The topological polar surface area (TPSA) is 62.9 Å². The number of hydrogen-bond donors (Lipinski definition) is 1. The van der Waals surface area contributed by atoms with E-state index in [1.807, 2.05) is 26.8 Å². The van der Waals surface area contributed by atoms with Crippen LogP contribution in [0.5, 0.6) is 0 Å². The number of nitrogens with zero attached hydrogens (tertiary/aromatic N) is 1. The number of carbonyl (C=O) groups excluding carboxylic acids is 1. The molecule has 1 amide bonds. The maximum atomic E-state index is 11.9. The highest BCUT2D eigenvalue weighted by molar-refractivity contribution is 5.68. The summed E-state index contributed by atoms with van der Waals surface area (Å²) < 4.78 is 10.6. The molecule has 1 aromatic heterocycles. The molecule has 100 valence electrons. The Morgan fingerprint density at radius 3 is 2.78 bits per heavy atom. The Morgan fingerprint density at radius 1 is 1.50 bits per heavy atom. The van der Waals surface area contributed by atoms with Crippen LogP contribution in [0.2, 0.25) is 0 Å². The van der Waals surface area contributed by atoms with Gasteiger partial charge < -0.3 is 19.2 Å². The Kier molecular flexibility index (Phi) is 3.34.